The van der Waals surface area contributed by atoms with Gasteiger partial charge in [0.1, 0.15) is 0 Å². The van der Waals surface area contributed by atoms with Crippen LogP contribution in [0.5, 0.6) is 0 Å². The minimum absolute atomic E-state index is 0.264. The Morgan fingerprint density at radius 3 is 2.36 bits per heavy atom. The zero-order chi connectivity index (χ0) is 16.0. The van der Waals surface area contributed by atoms with Crippen LogP contribution in [0, 0.1) is 0 Å². The molecule has 120 valence electrons. The van der Waals surface area contributed by atoms with Crippen LogP contribution in [-0.4, -0.2) is 16.6 Å². The van der Waals surface area contributed by atoms with Gasteiger partial charge in [-0.3, -0.25) is 9.59 Å². The quantitative estimate of drug-likeness (QED) is 0.419. The molecule has 0 fully saturated rings. The molecule has 0 saturated carbocycles. The predicted molar refractivity (Wildman–Crippen MR) is 90.6 cm³/mol. The van der Waals surface area contributed by atoms with Gasteiger partial charge in [0.05, 0.1) is 5.69 Å². The van der Waals surface area contributed by atoms with Gasteiger partial charge in [0.25, 0.3) is 5.91 Å². The Labute approximate surface area is 137 Å². The number of carbonyl (C=O) groups is 2. The number of amides is 1. The summed E-state index contributed by atoms with van der Waals surface area (Å²) >= 11 is 6.40. The van der Waals surface area contributed by atoms with Crippen molar-refractivity contribution in [2.75, 3.05) is 5.32 Å². The molecule has 0 spiro atoms. The topological polar surface area (TPSA) is 46.2 Å². The van der Waals surface area contributed by atoms with E-state index in [0.717, 1.165) is 19.3 Å². The van der Waals surface area contributed by atoms with Crippen LogP contribution in [0.15, 0.2) is 24.3 Å². The number of Topliss-reactive ketones (excluding diaryl/α,β-unsaturated/α-hetero) is 1. The average Bonchev–Trinajstić information content (AvgIpc) is 2.52. The van der Waals surface area contributed by atoms with Gasteiger partial charge in [-0.1, -0.05) is 75.6 Å². The van der Waals surface area contributed by atoms with Crippen LogP contribution in [0.25, 0.3) is 0 Å². The number of anilines is 1. The van der Waals surface area contributed by atoms with Crippen molar-refractivity contribution in [2.45, 2.75) is 63.2 Å². The molecule has 1 aliphatic rings. The van der Waals surface area contributed by atoms with Crippen molar-refractivity contribution in [3.8, 4) is 0 Å². The molecule has 1 aliphatic heterocycles. The van der Waals surface area contributed by atoms with Crippen LogP contribution >= 0.6 is 11.6 Å². The fraction of sp³-hybridized carbons (Fsp3) is 0.556. The summed E-state index contributed by atoms with van der Waals surface area (Å²) in [6.07, 6.45) is 8.34. The molecule has 0 bridgehead atoms. The van der Waals surface area contributed by atoms with Gasteiger partial charge in [-0.15, -0.1) is 0 Å². The summed E-state index contributed by atoms with van der Waals surface area (Å²) in [7, 11) is 0. The highest BCUT2D eigenvalue weighted by Crippen LogP contribution is 2.36. The van der Waals surface area contributed by atoms with Gasteiger partial charge < -0.3 is 5.32 Å². The lowest BCUT2D eigenvalue weighted by atomic mass is 9.86. The number of hydrogen-bond acceptors (Lipinski definition) is 2. The van der Waals surface area contributed by atoms with Crippen molar-refractivity contribution in [3.63, 3.8) is 0 Å². The first-order valence-corrected chi connectivity index (χ1v) is 8.61. The van der Waals surface area contributed by atoms with Crippen LogP contribution in [0.3, 0.4) is 0 Å². The van der Waals surface area contributed by atoms with Crippen LogP contribution in [-0.2, 0) is 4.79 Å². The Morgan fingerprint density at radius 1 is 1.00 bits per heavy atom. The third kappa shape index (κ3) is 3.70. The first-order valence-electron chi connectivity index (χ1n) is 8.24. The van der Waals surface area contributed by atoms with Gasteiger partial charge in [-0.05, 0) is 18.6 Å². The largest absolute Gasteiger partial charge is 0.323 e. The van der Waals surface area contributed by atoms with E-state index in [1.807, 2.05) is 0 Å². The monoisotopic (exact) mass is 321 g/mol. The minimum atomic E-state index is -1.43. The maximum atomic E-state index is 12.6. The molecular formula is C18H24ClNO2. The Kier molecular flexibility index (Phi) is 6.01. The van der Waals surface area contributed by atoms with Crippen molar-refractivity contribution in [1.82, 2.24) is 0 Å². The van der Waals surface area contributed by atoms with E-state index in [4.69, 9.17) is 11.6 Å². The summed E-state index contributed by atoms with van der Waals surface area (Å²) < 4.78 is 0. The summed E-state index contributed by atoms with van der Waals surface area (Å²) in [6, 6.07) is 7.04. The van der Waals surface area contributed by atoms with Crippen LogP contribution in [0.4, 0.5) is 5.69 Å². The molecule has 22 heavy (non-hydrogen) atoms. The second-order valence-corrected chi connectivity index (χ2v) is 6.65. The van der Waals surface area contributed by atoms with E-state index in [9.17, 15) is 9.59 Å². The molecule has 0 aliphatic carbocycles. The van der Waals surface area contributed by atoms with Crippen LogP contribution in [0.2, 0.25) is 0 Å². The molecule has 3 nitrogen and oxygen atoms in total. The third-order valence-corrected chi connectivity index (χ3v) is 4.80. The smallest absolute Gasteiger partial charge is 0.253 e. The lowest BCUT2D eigenvalue weighted by Gasteiger charge is -2.30. The molecule has 1 unspecified atom stereocenters. The number of carbonyl (C=O) groups excluding carboxylic acids is 2. The van der Waals surface area contributed by atoms with Gasteiger partial charge in [0, 0.05) is 5.56 Å². The van der Waals surface area contributed by atoms with Crippen LogP contribution in [0.1, 0.15) is 68.6 Å². The zero-order valence-electron chi connectivity index (χ0n) is 13.2. The molecule has 4 heteroatoms. The van der Waals surface area contributed by atoms with Gasteiger partial charge >= 0.3 is 0 Å². The standard InChI is InChI=1S/C18H24ClNO2/c1-2-3-4-5-6-7-10-13-18(19)16(21)14-11-8-9-12-15(14)20-17(18)22/h8-9,11-12H,2-7,10,13H2,1H3,(H,20,22). The van der Waals surface area contributed by atoms with Crippen LogP contribution < -0.4 is 5.32 Å². The molecule has 0 aromatic heterocycles. The fourth-order valence-corrected chi connectivity index (χ4v) is 3.16. The number of rotatable bonds is 8. The number of hydrogen-bond donors (Lipinski definition) is 1. The molecule has 2 rings (SSSR count). The average molecular weight is 322 g/mol. The van der Waals surface area contributed by atoms with Gasteiger partial charge in [0.2, 0.25) is 0 Å². The molecule has 1 aromatic carbocycles. The maximum Gasteiger partial charge on any atom is 0.253 e. The van der Waals surface area contributed by atoms with E-state index >= 15 is 0 Å². The van der Waals surface area contributed by atoms with E-state index in [1.165, 1.54) is 25.7 Å². The highest BCUT2D eigenvalue weighted by Gasteiger charge is 2.47. The van der Waals surface area contributed by atoms with Crippen molar-refractivity contribution in [2.24, 2.45) is 0 Å². The Bertz CT molecular complexity index is 544. The molecular weight excluding hydrogens is 298 g/mol. The van der Waals surface area contributed by atoms with E-state index < -0.39 is 4.87 Å². The van der Waals surface area contributed by atoms with Gasteiger partial charge in [0.15, 0.2) is 10.7 Å². The fourth-order valence-electron chi connectivity index (χ4n) is 2.88. The number of ketones is 1. The minimum Gasteiger partial charge on any atom is -0.323 e. The molecule has 0 radical (unpaired) electrons. The molecule has 1 aromatic rings. The first kappa shape index (κ1) is 17.0. The summed E-state index contributed by atoms with van der Waals surface area (Å²) in [5, 5.41) is 2.76. The number of benzene rings is 1. The summed E-state index contributed by atoms with van der Waals surface area (Å²) in [4.78, 5) is 23.4. The van der Waals surface area contributed by atoms with E-state index in [2.05, 4.69) is 12.2 Å². The number of unbranched alkanes of at least 4 members (excludes halogenated alkanes) is 6. The summed E-state index contributed by atoms with van der Waals surface area (Å²) in [5.74, 6) is -0.650. The zero-order valence-corrected chi connectivity index (χ0v) is 13.9. The highest BCUT2D eigenvalue weighted by atomic mass is 35.5. The van der Waals surface area contributed by atoms with Crippen molar-refractivity contribution in [3.05, 3.63) is 29.8 Å². The molecule has 0 saturated heterocycles. The first-order chi connectivity index (χ1) is 10.6. The van der Waals surface area contributed by atoms with Crippen molar-refractivity contribution in [1.29, 1.82) is 0 Å². The molecule has 1 atom stereocenters. The Hall–Kier alpha value is -1.35. The van der Waals surface area contributed by atoms with Gasteiger partial charge in [-0.25, -0.2) is 0 Å². The molecule has 1 amide bonds. The number of alkyl halides is 1. The third-order valence-electron chi connectivity index (χ3n) is 4.26. The number of nitrogens with one attached hydrogen (secondary N) is 1. The normalized spacial score (nSPS) is 20.6. The maximum absolute atomic E-state index is 12.6. The summed E-state index contributed by atoms with van der Waals surface area (Å²) in [6.45, 7) is 2.20. The lowest BCUT2D eigenvalue weighted by Crippen LogP contribution is -2.48. The number of para-hydroxylation sites is 1. The predicted octanol–water partition coefficient (Wildman–Crippen LogP) is 4.94. The highest BCUT2D eigenvalue weighted by molar-refractivity contribution is 6.52. The van der Waals surface area contributed by atoms with E-state index in [0.29, 0.717) is 17.7 Å². The van der Waals surface area contributed by atoms with E-state index in [-0.39, 0.29) is 11.7 Å². The molecule has 1 heterocycles. The van der Waals surface area contributed by atoms with E-state index in [1.54, 1.807) is 24.3 Å². The van der Waals surface area contributed by atoms with Crippen molar-refractivity contribution < 1.29 is 9.59 Å². The Morgan fingerprint density at radius 2 is 1.64 bits per heavy atom. The van der Waals surface area contributed by atoms with Crippen molar-refractivity contribution >= 4 is 29.0 Å². The molecule has 1 N–H and O–H groups in total. The SMILES string of the molecule is CCCCCCCCCC1(Cl)C(=O)Nc2ccccc2C1=O. The lowest BCUT2D eigenvalue weighted by molar-refractivity contribution is -0.117. The Balaban J connectivity index is 1.90. The van der Waals surface area contributed by atoms with Gasteiger partial charge in [-0.2, -0.15) is 0 Å². The summed E-state index contributed by atoms with van der Waals surface area (Å²) in [5.41, 5.74) is 1.08. The second kappa shape index (κ2) is 7.77. The number of fused-ring (bicyclic) bond motifs is 1. The second-order valence-electron chi connectivity index (χ2n) is 6.00. The number of halogens is 1.